The smallest absolute Gasteiger partial charge is 0.420 e. The molecule has 0 aliphatic carbocycles. The third kappa shape index (κ3) is 1.30. The molecule has 1 unspecified atom stereocenters. The molecule has 1 aliphatic rings. The second-order valence-corrected chi connectivity index (χ2v) is 2.48. The van der Waals surface area contributed by atoms with Crippen LogP contribution >= 0.6 is 12.8 Å². The molecule has 0 N–H and O–H groups in total. The molecule has 1 heterocycles. The Morgan fingerprint density at radius 3 is 2.89 bits per heavy atom. The lowest BCUT2D eigenvalue weighted by atomic mass is 10.3. The lowest BCUT2D eigenvalue weighted by Crippen LogP contribution is -2.12. The summed E-state index contributed by atoms with van der Waals surface area (Å²) in [6.45, 7) is 2.59. The SMILES string of the molecule is CCC1CN(S)C(=O)O1. The number of hydrogen-bond donors (Lipinski definition) is 1. The van der Waals surface area contributed by atoms with Crippen LogP contribution in [0.3, 0.4) is 0 Å². The first-order valence-corrected chi connectivity index (χ1v) is 3.31. The lowest BCUT2D eigenvalue weighted by Gasteiger charge is -2.00. The Balaban J connectivity index is 2.44. The van der Waals surface area contributed by atoms with Crippen molar-refractivity contribution in [2.24, 2.45) is 0 Å². The summed E-state index contributed by atoms with van der Waals surface area (Å²) in [5.74, 6) is 0. The highest BCUT2D eigenvalue weighted by Crippen LogP contribution is 2.14. The molecule has 0 bridgehead atoms. The predicted molar refractivity (Wildman–Crippen MR) is 36.3 cm³/mol. The Morgan fingerprint density at radius 1 is 2.00 bits per heavy atom. The number of hydrogen-bond acceptors (Lipinski definition) is 3. The van der Waals surface area contributed by atoms with E-state index in [0.29, 0.717) is 6.54 Å². The Morgan fingerprint density at radius 2 is 2.67 bits per heavy atom. The van der Waals surface area contributed by atoms with Crippen LogP contribution in [0.1, 0.15) is 13.3 Å². The zero-order valence-corrected chi connectivity index (χ0v) is 6.10. The van der Waals surface area contributed by atoms with Gasteiger partial charge in [-0.05, 0) is 6.42 Å². The quantitative estimate of drug-likeness (QED) is 0.562. The van der Waals surface area contributed by atoms with Gasteiger partial charge in [0.2, 0.25) is 0 Å². The maximum atomic E-state index is 10.6. The number of carbonyl (C=O) groups excluding carboxylic acids is 1. The molecule has 1 fully saturated rings. The molecule has 0 saturated carbocycles. The molecular formula is C5H9NO2S. The van der Waals surface area contributed by atoms with E-state index < -0.39 is 0 Å². The molecule has 0 aromatic carbocycles. The first-order chi connectivity index (χ1) is 4.24. The summed E-state index contributed by atoms with van der Waals surface area (Å²) in [7, 11) is 0. The Hall–Kier alpha value is -0.380. The molecule has 0 aromatic rings. The number of cyclic esters (lactones) is 1. The molecule has 0 aromatic heterocycles. The number of ether oxygens (including phenoxy) is 1. The van der Waals surface area contributed by atoms with E-state index in [1.54, 1.807) is 0 Å². The fourth-order valence-corrected chi connectivity index (χ4v) is 0.950. The van der Waals surface area contributed by atoms with Gasteiger partial charge in [-0.1, -0.05) is 19.7 Å². The summed E-state index contributed by atoms with van der Waals surface area (Å²) in [5.41, 5.74) is 0. The van der Waals surface area contributed by atoms with Crippen LogP contribution in [-0.2, 0) is 4.74 Å². The van der Waals surface area contributed by atoms with Crippen molar-refractivity contribution in [2.45, 2.75) is 19.4 Å². The summed E-state index contributed by atoms with van der Waals surface area (Å²) in [6, 6.07) is 0. The maximum Gasteiger partial charge on any atom is 0.420 e. The average molecular weight is 147 g/mol. The summed E-state index contributed by atoms with van der Waals surface area (Å²) >= 11 is 3.86. The number of nitrogens with zero attached hydrogens (tertiary/aromatic N) is 1. The van der Waals surface area contributed by atoms with E-state index in [0.717, 1.165) is 6.42 Å². The van der Waals surface area contributed by atoms with Crippen molar-refractivity contribution in [1.29, 1.82) is 0 Å². The van der Waals surface area contributed by atoms with E-state index in [1.807, 2.05) is 6.92 Å². The summed E-state index contributed by atoms with van der Waals surface area (Å²) in [4.78, 5) is 10.6. The highest BCUT2D eigenvalue weighted by Gasteiger charge is 2.27. The van der Waals surface area contributed by atoms with Gasteiger partial charge in [-0.2, -0.15) is 0 Å². The Kier molecular flexibility index (Phi) is 1.85. The van der Waals surface area contributed by atoms with Crippen molar-refractivity contribution >= 4 is 18.9 Å². The molecule has 1 rings (SSSR count). The molecule has 1 saturated heterocycles. The van der Waals surface area contributed by atoms with E-state index in [4.69, 9.17) is 4.74 Å². The molecule has 1 amide bonds. The van der Waals surface area contributed by atoms with Gasteiger partial charge in [0, 0.05) is 0 Å². The van der Waals surface area contributed by atoms with Gasteiger partial charge in [0.15, 0.2) is 0 Å². The number of thiol groups is 1. The monoisotopic (exact) mass is 147 g/mol. The van der Waals surface area contributed by atoms with Crippen LogP contribution in [0.4, 0.5) is 4.79 Å². The van der Waals surface area contributed by atoms with Gasteiger partial charge in [0.1, 0.15) is 6.10 Å². The zero-order chi connectivity index (χ0) is 6.85. The van der Waals surface area contributed by atoms with Gasteiger partial charge < -0.3 is 4.74 Å². The normalized spacial score (nSPS) is 26.7. The number of amides is 1. The van der Waals surface area contributed by atoms with Gasteiger partial charge in [-0.25, -0.2) is 4.79 Å². The fourth-order valence-electron chi connectivity index (χ4n) is 0.721. The van der Waals surface area contributed by atoms with E-state index >= 15 is 0 Å². The minimum atomic E-state index is -0.329. The summed E-state index contributed by atoms with van der Waals surface area (Å²) in [6.07, 6.45) is 0.586. The lowest BCUT2D eigenvalue weighted by molar-refractivity contribution is 0.136. The standard InChI is InChI=1S/C5H9NO2S/c1-2-4-3-6(9)5(7)8-4/h4,9H,2-3H2,1H3. The molecule has 0 radical (unpaired) electrons. The van der Waals surface area contributed by atoms with Crippen molar-refractivity contribution in [3.63, 3.8) is 0 Å². The molecule has 1 aliphatic heterocycles. The first-order valence-electron chi connectivity index (χ1n) is 2.91. The van der Waals surface area contributed by atoms with Crippen molar-refractivity contribution in [1.82, 2.24) is 4.31 Å². The predicted octanol–water partition coefficient (Wildman–Crippen LogP) is 1.06. The molecule has 0 spiro atoms. The van der Waals surface area contributed by atoms with E-state index in [2.05, 4.69) is 12.8 Å². The van der Waals surface area contributed by atoms with Crippen LogP contribution in [0.2, 0.25) is 0 Å². The van der Waals surface area contributed by atoms with Gasteiger partial charge in [0.05, 0.1) is 6.54 Å². The maximum absolute atomic E-state index is 10.6. The van der Waals surface area contributed by atoms with Crippen LogP contribution in [-0.4, -0.2) is 23.0 Å². The van der Waals surface area contributed by atoms with Crippen LogP contribution in [0.15, 0.2) is 0 Å². The largest absolute Gasteiger partial charge is 0.444 e. The minimum absolute atomic E-state index is 0.0509. The van der Waals surface area contributed by atoms with Gasteiger partial charge in [-0.15, -0.1) is 0 Å². The zero-order valence-electron chi connectivity index (χ0n) is 5.20. The third-order valence-electron chi connectivity index (χ3n) is 1.31. The van der Waals surface area contributed by atoms with E-state index in [9.17, 15) is 4.79 Å². The van der Waals surface area contributed by atoms with E-state index in [-0.39, 0.29) is 12.2 Å². The molecule has 52 valence electrons. The second kappa shape index (κ2) is 2.47. The van der Waals surface area contributed by atoms with Gasteiger partial charge >= 0.3 is 6.09 Å². The Labute approximate surface area is 59.5 Å². The molecule has 3 nitrogen and oxygen atoms in total. The van der Waals surface area contributed by atoms with Gasteiger partial charge in [-0.3, -0.25) is 4.31 Å². The number of rotatable bonds is 1. The van der Waals surface area contributed by atoms with Crippen molar-refractivity contribution < 1.29 is 9.53 Å². The molecule has 4 heteroatoms. The van der Waals surface area contributed by atoms with Crippen LogP contribution < -0.4 is 0 Å². The second-order valence-electron chi connectivity index (χ2n) is 2.00. The topological polar surface area (TPSA) is 29.5 Å². The van der Waals surface area contributed by atoms with E-state index in [1.165, 1.54) is 4.31 Å². The average Bonchev–Trinajstić information content (AvgIpc) is 2.13. The highest BCUT2D eigenvalue weighted by molar-refractivity contribution is 7.78. The van der Waals surface area contributed by atoms with Crippen LogP contribution in [0, 0.1) is 0 Å². The molecule has 9 heavy (non-hydrogen) atoms. The number of carbonyl (C=O) groups is 1. The van der Waals surface area contributed by atoms with Crippen molar-refractivity contribution in [2.75, 3.05) is 6.54 Å². The molecular weight excluding hydrogens is 138 g/mol. The molecule has 1 atom stereocenters. The first kappa shape index (κ1) is 6.74. The van der Waals surface area contributed by atoms with Crippen LogP contribution in [0.25, 0.3) is 0 Å². The fraction of sp³-hybridized carbons (Fsp3) is 0.800. The summed E-state index contributed by atoms with van der Waals surface area (Å²) < 4.78 is 6.12. The van der Waals surface area contributed by atoms with Crippen LogP contribution in [0.5, 0.6) is 0 Å². The Bertz CT molecular complexity index is 128. The van der Waals surface area contributed by atoms with Crippen molar-refractivity contribution in [3.8, 4) is 0 Å². The summed E-state index contributed by atoms with van der Waals surface area (Å²) in [5, 5.41) is 0. The highest BCUT2D eigenvalue weighted by atomic mass is 32.1. The van der Waals surface area contributed by atoms with Crippen molar-refractivity contribution in [3.05, 3.63) is 0 Å². The third-order valence-corrected chi connectivity index (χ3v) is 1.64. The van der Waals surface area contributed by atoms with Gasteiger partial charge in [0.25, 0.3) is 0 Å². The minimum Gasteiger partial charge on any atom is -0.444 e.